The third kappa shape index (κ3) is 6.96. The van der Waals surface area contributed by atoms with E-state index in [0.29, 0.717) is 6.61 Å². The number of morpholine rings is 1. The zero-order valence-corrected chi connectivity index (χ0v) is 20.9. The van der Waals surface area contributed by atoms with Crippen molar-refractivity contribution < 1.29 is 14.6 Å². The number of para-hydroxylation sites is 1. The smallest absolute Gasteiger partial charge is 0.119 e. The highest BCUT2D eigenvalue weighted by molar-refractivity contribution is 5.46. The van der Waals surface area contributed by atoms with Gasteiger partial charge in [-0.05, 0) is 36.2 Å². The van der Waals surface area contributed by atoms with E-state index in [4.69, 9.17) is 9.47 Å². The zero-order valence-electron chi connectivity index (χ0n) is 20.9. The maximum atomic E-state index is 11.3. The molecule has 5 rings (SSSR count). The quantitative estimate of drug-likeness (QED) is 0.590. The monoisotopic (exact) mass is 480 g/mol. The van der Waals surface area contributed by atoms with Crippen LogP contribution in [0.15, 0.2) is 54.6 Å². The van der Waals surface area contributed by atoms with Gasteiger partial charge >= 0.3 is 0 Å². The SMILES string of the molecule is O[C@]1(CN2CCN(c3ccccc3)CC2)CCN(Cc2ccc(OCCN3CCOCC3)cc2)C1. The van der Waals surface area contributed by atoms with Crippen LogP contribution in [0.5, 0.6) is 5.75 Å². The maximum absolute atomic E-state index is 11.3. The van der Waals surface area contributed by atoms with Gasteiger partial charge in [0.25, 0.3) is 0 Å². The van der Waals surface area contributed by atoms with Crippen LogP contribution < -0.4 is 9.64 Å². The van der Waals surface area contributed by atoms with Crippen LogP contribution in [0.1, 0.15) is 12.0 Å². The number of anilines is 1. The standard InChI is InChI=1S/C28H40N4O3/c33-28(23-30-12-14-32(15-13-30)26-4-2-1-3-5-26)10-11-31(24-28)22-25-6-8-27(9-7-25)35-21-18-29-16-19-34-20-17-29/h1-9,33H,10-24H2/t28-/m0/s1. The van der Waals surface area contributed by atoms with Crippen LogP contribution >= 0.6 is 0 Å². The van der Waals surface area contributed by atoms with Gasteiger partial charge in [-0.3, -0.25) is 14.7 Å². The number of likely N-dealkylation sites (tertiary alicyclic amines) is 1. The van der Waals surface area contributed by atoms with Crippen molar-refractivity contribution >= 4 is 5.69 Å². The minimum absolute atomic E-state index is 0.614. The number of rotatable bonds is 9. The second-order valence-electron chi connectivity index (χ2n) is 10.2. The molecule has 3 aliphatic rings. The molecule has 0 aromatic heterocycles. The van der Waals surface area contributed by atoms with Gasteiger partial charge in [-0.15, -0.1) is 0 Å². The molecule has 3 aliphatic heterocycles. The lowest BCUT2D eigenvalue weighted by Crippen LogP contribution is -2.52. The van der Waals surface area contributed by atoms with Gasteiger partial charge in [0.2, 0.25) is 0 Å². The summed E-state index contributed by atoms with van der Waals surface area (Å²) >= 11 is 0. The molecule has 3 fully saturated rings. The average molecular weight is 481 g/mol. The Balaban J connectivity index is 1.03. The van der Waals surface area contributed by atoms with E-state index in [0.717, 1.165) is 97.4 Å². The summed E-state index contributed by atoms with van der Waals surface area (Å²) in [6, 6.07) is 19.1. The van der Waals surface area contributed by atoms with Crippen molar-refractivity contribution in [3.05, 3.63) is 60.2 Å². The van der Waals surface area contributed by atoms with Crippen LogP contribution in [-0.4, -0.2) is 111 Å². The van der Waals surface area contributed by atoms with Crippen LogP contribution in [0.2, 0.25) is 0 Å². The number of nitrogens with zero attached hydrogens (tertiary/aromatic N) is 4. The second-order valence-corrected chi connectivity index (χ2v) is 10.2. The molecule has 0 aliphatic carbocycles. The molecule has 7 nitrogen and oxygen atoms in total. The van der Waals surface area contributed by atoms with E-state index < -0.39 is 5.60 Å². The minimum atomic E-state index is -0.614. The fourth-order valence-electron chi connectivity index (χ4n) is 5.49. The molecular weight excluding hydrogens is 440 g/mol. The molecule has 0 amide bonds. The molecule has 3 saturated heterocycles. The van der Waals surface area contributed by atoms with Crippen molar-refractivity contribution in [1.29, 1.82) is 0 Å². The van der Waals surface area contributed by atoms with Crippen molar-refractivity contribution in [3.63, 3.8) is 0 Å². The Morgan fingerprint density at radius 1 is 0.800 bits per heavy atom. The lowest BCUT2D eigenvalue weighted by Gasteiger charge is -2.39. The molecule has 2 aromatic rings. The van der Waals surface area contributed by atoms with Gasteiger partial charge in [-0.2, -0.15) is 0 Å². The third-order valence-corrected chi connectivity index (χ3v) is 7.53. The number of ether oxygens (including phenoxy) is 2. The van der Waals surface area contributed by atoms with E-state index in [1.165, 1.54) is 11.3 Å². The summed E-state index contributed by atoms with van der Waals surface area (Å²) in [5.74, 6) is 0.926. The lowest BCUT2D eigenvalue weighted by atomic mass is 10.0. The normalized spacial score (nSPS) is 24.7. The molecule has 35 heavy (non-hydrogen) atoms. The number of benzene rings is 2. The summed E-state index contributed by atoms with van der Waals surface area (Å²) in [5, 5.41) is 11.3. The summed E-state index contributed by atoms with van der Waals surface area (Å²) in [5.41, 5.74) is 1.95. The Morgan fingerprint density at radius 3 is 2.29 bits per heavy atom. The van der Waals surface area contributed by atoms with Crippen molar-refractivity contribution in [3.8, 4) is 5.75 Å². The molecular formula is C28H40N4O3. The van der Waals surface area contributed by atoms with E-state index in [9.17, 15) is 5.11 Å². The van der Waals surface area contributed by atoms with Crippen molar-refractivity contribution in [2.45, 2.75) is 18.6 Å². The van der Waals surface area contributed by atoms with E-state index in [-0.39, 0.29) is 0 Å². The predicted molar refractivity (Wildman–Crippen MR) is 139 cm³/mol. The highest BCUT2D eigenvalue weighted by Gasteiger charge is 2.38. The summed E-state index contributed by atoms with van der Waals surface area (Å²) in [7, 11) is 0. The van der Waals surface area contributed by atoms with Crippen LogP contribution in [0.4, 0.5) is 5.69 Å². The minimum Gasteiger partial charge on any atom is -0.492 e. The molecule has 0 unspecified atom stereocenters. The van der Waals surface area contributed by atoms with E-state index in [2.05, 4.69) is 74.2 Å². The van der Waals surface area contributed by atoms with Gasteiger partial charge in [-0.1, -0.05) is 30.3 Å². The Morgan fingerprint density at radius 2 is 1.54 bits per heavy atom. The molecule has 2 aromatic carbocycles. The van der Waals surface area contributed by atoms with Gasteiger partial charge in [0.1, 0.15) is 12.4 Å². The van der Waals surface area contributed by atoms with Crippen molar-refractivity contribution in [1.82, 2.24) is 14.7 Å². The molecule has 190 valence electrons. The summed E-state index contributed by atoms with van der Waals surface area (Å²) < 4.78 is 11.3. The molecule has 7 heteroatoms. The Bertz CT molecular complexity index is 898. The number of β-amino-alcohol motifs (C(OH)–C–C–N with tert-alkyl or cyclic N) is 1. The molecule has 0 bridgehead atoms. The Labute approximate surface area is 209 Å². The summed E-state index contributed by atoms with van der Waals surface area (Å²) in [6.45, 7) is 12.7. The van der Waals surface area contributed by atoms with Gasteiger partial charge in [0.05, 0.1) is 18.8 Å². The highest BCUT2D eigenvalue weighted by Crippen LogP contribution is 2.26. The first-order valence-electron chi connectivity index (χ1n) is 13.1. The molecule has 0 saturated carbocycles. The highest BCUT2D eigenvalue weighted by atomic mass is 16.5. The largest absolute Gasteiger partial charge is 0.492 e. The summed E-state index contributed by atoms with van der Waals surface area (Å²) in [4.78, 5) is 9.65. The fraction of sp³-hybridized carbons (Fsp3) is 0.571. The first-order valence-corrected chi connectivity index (χ1v) is 13.1. The van der Waals surface area contributed by atoms with Crippen LogP contribution in [0, 0.1) is 0 Å². The summed E-state index contributed by atoms with van der Waals surface area (Å²) in [6.07, 6.45) is 0.842. The van der Waals surface area contributed by atoms with Gasteiger partial charge in [-0.25, -0.2) is 0 Å². The Hall–Kier alpha value is -2.16. The van der Waals surface area contributed by atoms with E-state index in [1.54, 1.807) is 0 Å². The lowest BCUT2D eigenvalue weighted by molar-refractivity contribution is 0.00978. The molecule has 1 N–H and O–H groups in total. The Kier molecular flexibility index (Phi) is 8.21. The number of hydrogen-bond donors (Lipinski definition) is 1. The van der Waals surface area contributed by atoms with Crippen molar-refractivity contribution in [2.24, 2.45) is 0 Å². The molecule has 0 spiro atoms. The van der Waals surface area contributed by atoms with Crippen LogP contribution in [-0.2, 0) is 11.3 Å². The zero-order chi connectivity index (χ0) is 23.9. The second kappa shape index (κ2) is 11.7. The maximum Gasteiger partial charge on any atom is 0.119 e. The first kappa shape index (κ1) is 24.5. The van der Waals surface area contributed by atoms with Crippen molar-refractivity contribution in [2.75, 3.05) is 90.2 Å². The number of aliphatic hydroxyl groups is 1. The number of hydrogen-bond acceptors (Lipinski definition) is 7. The van der Waals surface area contributed by atoms with E-state index in [1.807, 2.05) is 0 Å². The molecule has 0 radical (unpaired) electrons. The third-order valence-electron chi connectivity index (χ3n) is 7.53. The number of piperazine rings is 1. The first-order chi connectivity index (χ1) is 17.2. The molecule has 1 atom stereocenters. The predicted octanol–water partition coefficient (Wildman–Crippen LogP) is 2.16. The van der Waals surface area contributed by atoms with E-state index >= 15 is 0 Å². The average Bonchev–Trinajstić information content (AvgIpc) is 3.26. The van der Waals surface area contributed by atoms with Gasteiger partial charge < -0.3 is 19.5 Å². The van der Waals surface area contributed by atoms with Gasteiger partial charge in [0, 0.05) is 77.7 Å². The topological polar surface area (TPSA) is 51.7 Å². The fourth-order valence-corrected chi connectivity index (χ4v) is 5.49. The van der Waals surface area contributed by atoms with Gasteiger partial charge in [0.15, 0.2) is 0 Å². The van der Waals surface area contributed by atoms with Crippen LogP contribution in [0.3, 0.4) is 0 Å². The molecule has 3 heterocycles. The van der Waals surface area contributed by atoms with Crippen LogP contribution in [0.25, 0.3) is 0 Å².